The summed E-state index contributed by atoms with van der Waals surface area (Å²) in [7, 11) is 0. The highest BCUT2D eigenvalue weighted by atomic mass is 16.3. The zero-order valence-corrected chi connectivity index (χ0v) is 14.1. The van der Waals surface area contributed by atoms with Gasteiger partial charge in [0.25, 0.3) is 0 Å². The van der Waals surface area contributed by atoms with Gasteiger partial charge in [0, 0.05) is 32.1 Å². The second kappa shape index (κ2) is 6.69. The van der Waals surface area contributed by atoms with Gasteiger partial charge in [-0.25, -0.2) is 0 Å². The van der Waals surface area contributed by atoms with E-state index in [1.54, 1.807) is 6.07 Å². The van der Waals surface area contributed by atoms with E-state index in [-0.39, 0.29) is 17.4 Å². The third-order valence-electron chi connectivity index (χ3n) is 4.46. The minimum Gasteiger partial charge on any atom is -0.508 e. The summed E-state index contributed by atoms with van der Waals surface area (Å²) in [6.07, 6.45) is 1.17. The predicted molar refractivity (Wildman–Crippen MR) is 89.0 cm³/mol. The van der Waals surface area contributed by atoms with Crippen molar-refractivity contribution >= 4 is 5.91 Å². The molecule has 1 heterocycles. The van der Waals surface area contributed by atoms with Gasteiger partial charge in [0.2, 0.25) is 5.91 Å². The van der Waals surface area contributed by atoms with E-state index in [0.717, 1.165) is 30.8 Å². The maximum absolute atomic E-state index is 12.6. The van der Waals surface area contributed by atoms with Gasteiger partial charge in [-0.2, -0.15) is 0 Å². The average molecular weight is 304 g/mol. The van der Waals surface area contributed by atoms with E-state index in [2.05, 4.69) is 26.1 Å². The first-order valence-corrected chi connectivity index (χ1v) is 8.07. The summed E-state index contributed by atoms with van der Waals surface area (Å²) in [6.45, 7) is 10.9. The van der Waals surface area contributed by atoms with Crippen LogP contribution in [0.4, 0.5) is 0 Å². The number of hydrogen-bond donors (Lipinski definition) is 2. The lowest BCUT2D eigenvalue weighted by atomic mass is 9.84. The Balaban J connectivity index is 1.99. The van der Waals surface area contributed by atoms with Crippen molar-refractivity contribution in [1.29, 1.82) is 0 Å². The third-order valence-corrected chi connectivity index (χ3v) is 4.46. The molecule has 1 saturated heterocycles. The topological polar surface area (TPSA) is 52.6 Å². The number of hydrogen-bond acceptors (Lipinski definition) is 3. The quantitative estimate of drug-likeness (QED) is 0.902. The SMILES string of the molecule is Cc1ccc(CCC(=O)N2CCNCC2C(C)(C)C)cc1O. The van der Waals surface area contributed by atoms with Crippen molar-refractivity contribution < 1.29 is 9.90 Å². The standard InChI is InChI=1S/C18H28N2O2/c1-13-5-6-14(11-15(13)21)7-8-17(22)20-10-9-19-12-16(20)18(2,3)4/h5-6,11,16,19,21H,7-10,12H2,1-4H3. The molecule has 0 saturated carbocycles. The number of nitrogens with zero attached hydrogens (tertiary/aromatic N) is 1. The van der Waals surface area contributed by atoms with Crippen molar-refractivity contribution in [2.75, 3.05) is 19.6 Å². The lowest BCUT2D eigenvalue weighted by Gasteiger charge is -2.43. The Morgan fingerprint density at radius 2 is 2.14 bits per heavy atom. The lowest BCUT2D eigenvalue weighted by Crippen LogP contribution is -2.58. The van der Waals surface area contributed by atoms with Crippen LogP contribution < -0.4 is 5.32 Å². The van der Waals surface area contributed by atoms with E-state index in [4.69, 9.17) is 0 Å². The van der Waals surface area contributed by atoms with E-state index >= 15 is 0 Å². The van der Waals surface area contributed by atoms with Crippen LogP contribution >= 0.6 is 0 Å². The van der Waals surface area contributed by atoms with Gasteiger partial charge in [0.05, 0.1) is 0 Å². The van der Waals surface area contributed by atoms with Gasteiger partial charge < -0.3 is 15.3 Å². The van der Waals surface area contributed by atoms with E-state index in [1.165, 1.54) is 0 Å². The second-order valence-corrected chi connectivity index (χ2v) is 7.29. The van der Waals surface area contributed by atoms with Crippen LogP contribution in [-0.4, -0.2) is 41.6 Å². The maximum Gasteiger partial charge on any atom is 0.223 e. The van der Waals surface area contributed by atoms with Gasteiger partial charge >= 0.3 is 0 Å². The molecular weight excluding hydrogens is 276 g/mol. The molecule has 0 aromatic heterocycles. The summed E-state index contributed by atoms with van der Waals surface area (Å²) in [5, 5.41) is 13.1. The molecule has 1 unspecified atom stereocenters. The smallest absolute Gasteiger partial charge is 0.223 e. The molecule has 1 aliphatic heterocycles. The molecule has 2 N–H and O–H groups in total. The molecular formula is C18H28N2O2. The van der Waals surface area contributed by atoms with Crippen molar-refractivity contribution in [2.45, 2.75) is 46.6 Å². The van der Waals surface area contributed by atoms with Crippen molar-refractivity contribution in [3.8, 4) is 5.75 Å². The van der Waals surface area contributed by atoms with Crippen LogP contribution in [0.3, 0.4) is 0 Å². The fourth-order valence-electron chi connectivity index (χ4n) is 2.98. The number of aryl methyl sites for hydroxylation is 2. The highest BCUT2D eigenvalue weighted by Crippen LogP contribution is 2.26. The van der Waals surface area contributed by atoms with Crippen molar-refractivity contribution in [3.63, 3.8) is 0 Å². The monoisotopic (exact) mass is 304 g/mol. The number of phenolic OH excluding ortho intramolecular Hbond substituents is 1. The van der Waals surface area contributed by atoms with Crippen LogP contribution in [0.5, 0.6) is 5.75 Å². The molecule has 4 heteroatoms. The zero-order valence-electron chi connectivity index (χ0n) is 14.1. The fraction of sp³-hybridized carbons (Fsp3) is 0.611. The molecule has 1 amide bonds. The number of carbonyl (C=O) groups is 1. The van der Waals surface area contributed by atoms with E-state index in [1.807, 2.05) is 24.0 Å². The van der Waals surface area contributed by atoms with Crippen molar-refractivity contribution in [1.82, 2.24) is 10.2 Å². The highest BCUT2D eigenvalue weighted by molar-refractivity contribution is 5.77. The summed E-state index contributed by atoms with van der Waals surface area (Å²) in [5.74, 6) is 0.515. The minimum atomic E-state index is 0.0746. The van der Waals surface area contributed by atoms with Gasteiger partial charge in [-0.1, -0.05) is 32.9 Å². The molecule has 1 aliphatic rings. The third kappa shape index (κ3) is 4.01. The van der Waals surface area contributed by atoms with E-state index in [0.29, 0.717) is 18.6 Å². The van der Waals surface area contributed by atoms with Crippen LogP contribution in [0.15, 0.2) is 18.2 Å². The molecule has 1 aromatic carbocycles. The molecule has 122 valence electrons. The van der Waals surface area contributed by atoms with Crippen LogP contribution in [0.1, 0.15) is 38.3 Å². The van der Waals surface area contributed by atoms with Gasteiger partial charge in [-0.3, -0.25) is 4.79 Å². The number of benzene rings is 1. The number of phenols is 1. The van der Waals surface area contributed by atoms with E-state index in [9.17, 15) is 9.90 Å². The van der Waals surface area contributed by atoms with Gasteiger partial charge in [0.1, 0.15) is 5.75 Å². The van der Waals surface area contributed by atoms with Gasteiger partial charge in [-0.05, 0) is 36.0 Å². The van der Waals surface area contributed by atoms with E-state index < -0.39 is 0 Å². The Hall–Kier alpha value is -1.55. The lowest BCUT2D eigenvalue weighted by molar-refractivity contribution is -0.137. The molecule has 0 aliphatic carbocycles. The Labute approximate surface area is 133 Å². The predicted octanol–water partition coefficient (Wildman–Crippen LogP) is 2.48. The Morgan fingerprint density at radius 1 is 1.41 bits per heavy atom. The first-order valence-electron chi connectivity index (χ1n) is 8.07. The van der Waals surface area contributed by atoms with Gasteiger partial charge in [-0.15, -0.1) is 0 Å². The first kappa shape index (κ1) is 16.8. The molecule has 0 spiro atoms. The molecule has 2 rings (SSSR count). The molecule has 0 radical (unpaired) electrons. The summed E-state index contributed by atoms with van der Waals surface area (Å²) in [4.78, 5) is 14.6. The minimum absolute atomic E-state index is 0.0746. The molecule has 1 atom stereocenters. The van der Waals surface area contributed by atoms with Crippen molar-refractivity contribution in [3.05, 3.63) is 29.3 Å². The molecule has 22 heavy (non-hydrogen) atoms. The number of carbonyl (C=O) groups excluding carboxylic acids is 1. The summed E-state index contributed by atoms with van der Waals surface area (Å²) in [5.41, 5.74) is 1.95. The van der Waals surface area contributed by atoms with Crippen LogP contribution in [-0.2, 0) is 11.2 Å². The molecule has 1 aromatic rings. The molecule has 4 nitrogen and oxygen atoms in total. The van der Waals surface area contributed by atoms with Gasteiger partial charge in [0.15, 0.2) is 0 Å². The number of aromatic hydroxyl groups is 1. The van der Waals surface area contributed by atoms with Crippen LogP contribution in [0, 0.1) is 12.3 Å². The Bertz CT molecular complexity index is 534. The number of piperazine rings is 1. The fourth-order valence-corrected chi connectivity index (χ4v) is 2.98. The number of nitrogens with one attached hydrogen (secondary N) is 1. The maximum atomic E-state index is 12.6. The summed E-state index contributed by atoms with van der Waals surface area (Å²) >= 11 is 0. The summed E-state index contributed by atoms with van der Waals surface area (Å²) < 4.78 is 0. The Morgan fingerprint density at radius 3 is 2.77 bits per heavy atom. The Kier molecular flexibility index (Phi) is 5.12. The first-order chi connectivity index (χ1) is 10.3. The average Bonchev–Trinajstić information content (AvgIpc) is 2.47. The van der Waals surface area contributed by atoms with Crippen molar-refractivity contribution in [2.24, 2.45) is 5.41 Å². The van der Waals surface area contributed by atoms with Crippen LogP contribution in [0.2, 0.25) is 0 Å². The second-order valence-electron chi connectivity index (χ2n) is 7.29. The normalized spacial score (nSPS) is 19.3. The summed E-state index contributed by atoms with van der Waals surface area (Å²) in [6, 6.07) is 5.89. The van der Waals surface area contributed by atoms with Crippen LogP contribution in [0.25, 0.3) is 0 Å². The zero-order chi connectivity index (χ0) is 16.3. The largest absolute Gasteiger partial charge is 0.508 e. The number of amides is 1. The molecule has 1 fully saturated rings. The molecule has 0 bridgehead atoms. The highest BCUT2D eigenvalue weighted by Gasteiger charge is 2.34. The number of rotatable bonds is 3.